The van der Waals surface area contributed by atoms with E-state index in [1.807, 2.05) is 7.05 Å². The zero-order chi connectivity index (χ0) is 10.5. The van der Waals surface area contributed by atoms with E-state index in [0.29, 0.717) is 6.04 Å². The number of thioether (sulfide) groups is 1. The molecular weight excluding hydrogens is 210 g/mol. The zero-order valence-corrected chi connectivity index (χ0v) is 9.83. The maximum atomic E-state index is 3.94. The molecule has 0 saturated carbocycles. The monoisotopic (exact) mass is 227 g/mol. The summed E-state index contributed by atoms with van der Waals surface area (Å²) >= 11 is 1.73. The molecule has 1 aliphatic rings. The molecule has 1 atom stereocenters. The number of tetrazole rings is 1. The van der Waals surface area contributed by atoms with Crippen LogP contribution in [0.2, 0.25) is 0 Å². The molecule has 1 fully saturated rings. The molecule has 0 bridgehead atoms. The fourth-order valence-electron chi connectivity index (χ4n) is 1.81. The van der Waals surface area contributed by atoms with Crippen molar-refractivity contribution in [3.8, 4) is 0 Å². The Morgan fingerprint density at radius 3 is 3.13 bits per heavy atom. The summed E-state index contributed by atoms with van der Waals surface area (Å²) in [7, 11) is 1.88. The molecule has 1 aromatic rings. The first-order valence-corrected chi connectivity index (χ1v) is 6.43. The molecule has 15 heavy (non-hydrogen) atoms. The summed E-state index contributed by atoms with van der Waals surface area (Å²) < 4.78 is 1.72. The van der Waals surface area contributed by atoms with Gasteiger partial charge in [0.15, 0.2) is 0 Å². The van der Waals surface area contributed by atoms with Crippen LogP contribution in [-0.4, -0.2) is 38.5 Å². The average molecular weight is 227 g/mol. The molecule has 0 spiro atoms. The molecule has 2 heterocycles. The standard InChI is InChI=1S/C9H17N5S/c1-14-9(11-12-13-14)15-7-5-8-4-2-3-6-10-8/h8,10H,2-7H2,1H3/t8-/m1/s1. The Hall–Kier alpha value is -0.620. The van der Waals surface area contributed by atoms with E-state index in [0.717, 1.165) is 10.9 Å². The van der Waals surface area contributed by atoms with E-state index < -0.39 is 0 Å². The van der Waals surface area contributed by atoms with Crippen LogP contribution < -0.4 is 5.32 Å². The highest BCUT2D eigenvalue weighted by Crippen LogP contribution is 2.17. The van der Waals surface area contributed by atoms with Crippen LogP contribution in [0.4, 0.5) is 0 Å². The van der Waals surface area contributed by atoms with Gasteiger partial charge in [-0.2, -0.15) is 0 Å². The van der Waals surface area contributed by atoms with Gasteiger partial charge in [0, 0.05) is 18.8 Å². The second kappa shape index (κ2) is 5.46. The smallest absolute Gasteiger partial charge is 0.209 e. The second-order valence-corrected chi connectivity index (χ2v) is 4.93. The van der Waals surface area contributed by atoms with Crippen LogP contribution in [0.1, 0.15) is 25.7 Å². The number of hydrogen-bond donors (Lipinski definition) is 1. The highest BCUT2D eigenvalue weighted by Gasteiger charge is 2.12. The van der Waals surface area contributed by atoms with Gasteiger partial charge < -0.3 is 5.32 Å². The number of nitrogens with one attached hydrogen (secondary N) is 1. The van der Waals surface area contributed by atoms with E-state index >= 15 is 0 Å². The molecule has 0 aliphatic carbocycles. The van der Waals surface area contributed by atoms with Crippen molar-refractivity contribution in [2.45, 2.75) is 36.9 Å². The number of rotatable bonds is 4. The zero-order valence-electron chi connectivity index (χ0n) is 9.02. The summed E-state index contributed by atoms with van der Waals surface area (Å²) in [6, 6.07) is 0.701. The van der Waals surface area contributed by atoms with Gasteiger partial charge >= 0.3 is 0 Å². The lowest BCUT2D eigenvalue weighted by Crippen LogP contribution is -2.34. The van der Waals surface area contributed by atoms with E-state index in [9.17, 15) is 0 Å². The Morgan fingerprint density at radius 2 is 2.47 bits per heavy atom. The van der Waals surface area contributed by atoms with Gasteiger partial charge in [0.25, 0.3) is 0 Å². The molecule has 6 heteroatoms. The van der Waals surface area contributed by atoms with Crippen LogP contribution in [0.25, 0.3) is 0 Å². The predicted molar refractivity (Wildman–Crippen MR) is 59.8 cm³/mol. The Bertz CT molecular complexity index is 294. The predicted octanol–water partition coefficient (Wildman–Crippen LogP) is 0.834. The van der Waals surface area contributed by atoms with E-state index in [4.69, 9.17) is 0 Å². The van der Waals surface area contributed by atoms with Crippen molar-refractivity contribution in [2.24, 2.45) is 7.05 Å². The number of aryl methyl sites for hydroxylation is 1. The van der Waals surface area contributed by atoms with Crippen LogP contribution in [-0.2, 0) is 7.05 Å². The molecule has 1 aliphatic heterocycles. The molecule has 1 aromatic heterocycles. The summed E-state index contributed by atoms with van der Waals surface area (Å²) in [5, 5.41) is 15.8. The Balaban J connectivity index is 1.68. The van der Waals surface area contributed by atoms with Crippen molar-refractivity contribution < 1.29 is 0 Å². The molecule has 0 radical (unpaired) electrons. The summed E-state index contributed by atoms with van der Waals surface area (Å²) in [6.07, 6.45) is 5.22. The minimum absolute atomic E-state index is 0.701. The van der Waals surface area contributed by atoms with Crippen molar-refractivity contribution >= 4 is 11.8 Å². The average Bonchev–Trinajstić information content (AvgIpc) is 2.66. The third kappa shape index (κ3) is 3.17. The van der Waals surface area contributed by atoms with Crippen molar-refractivity contribution in [1.29, 1.82) is 0 Å². The van der Waals surface area contributed by atoms with Gasteiger partial charge in [-0.25, -0.2) is 4.68 Å². The third-order valence-electron chi connectivity index (χ3n) is 2.69. The number of hydrogen-bond acceptors (Lipinski definition) is 5. The molecule has 1 N–H and O–H groups in total. The molecule has 0 aromatic carbocycles. The van der Waals surface area contributed by atoms with Gasteiger partial charge in [-0.15, -0.1) is 5.10 Å². The van der Waals surface area contributed by atoms with Crippen LogP contribution in [0, 0.1) is 0 Å². The lowest BCUT2D eigenvalue weighted by molar-refractivity contribution is 0.394. The van der Waals surface area contributed by atoms with E-state index in [-0.39, 0.29) is 0 Å². The third-order valence-corrected chi connectivity index (χ3v) is 3.74. The minimum Gasteiger partial charge on any atom is -0.314 e. The van der Waals surface area contributed by atoms with Gasteiger partial charge in [-0.05, 0) is 36.2 Å². The molecule has 0 unspecified atom stereocenters. The number of piperidine rings is 1. The summed E-state index contributed by atoms with van der Waals surface area (Å²) in [6.45, 7) is 1.18. The van der Waals surface area contributed by atoms with E-state index in [1.54, 1.807) is 16.4 Å². The Morgan fingerprint density at radius 1 is 1.53 bits per heavy atom. The molecule has 5 nitrogen and oxygen atoms in total. The normalized spacial score (nSPS) is 21.8. The van der Waals surface area contributed by atoms with Crippen LogP contribution in [0.3, 0.4) is 0 Å². The van der Waals surface area contributed by atoms with Crippen LogP contribution in [0.5, 0.6) is 0 Å². The summed E-state index contributed by atoms with van der Waals surface area (Å²) in [5.74, 6) is 1.09. The van der Waals surface area contributed by atoms with Gasteiger partial charge in [-0.3, -0.25) is 0 Å². The Kier molecular flexibility index (Phi) is 3.96. The van der Waals surface area contributed by atoms with Gasteiger partial charge in [0.1, 0.15) is 0 Å². The molecule has 1 saturated heterocycles. The first-order valence-electron chi connectivity index (χ1n) is 5.45. The second-order valence-electron chi connectivity index (χ2n) is 3.87. The number of aromatic nitrogens is 4. The largest absolute Gasteiger partial charge is 0.314 e. The minimum atomic E-state index is 0.701. The topological polar surface area (TPSA) is 55.6 Å². The molecule has 0 amide bonds. The molecule has 84 valence electrons. The van der Waals surface area contributed by atoms with Crippen molar-refractivity contribution in [1.82, 2.24) is 25.5 Å². The summed E-state index contributed by atoms with van der Waals surface area (Å²) in [4.78, 5) is 0. The highest BCUT2D eigenvalue weighted by atomic mass is 32.2. The van der Waals surface area contributed by atoms with Crippen molar-refractivity contribution in [3.05, 3.63) is 0 Å². The molecule has 2 rings (SSSR count). The Labute approximate surface area is 94.0 Å². The van der Waals surface area contributed by atoms with Crippen molar-refractivity contribution in [2.75, 3.05) is 12.3 Å². The van der Waals surface area contributed by atoms with Gasteiger partial charge in [0.05, 0.1) is 0 Å². The van der Waals surface area contributed by atoms with Gasteiger partial charge in [-0.1, -0.05) is 18.2 Å². The summed E-state index contributed by atoms with van der Waals surface area (Å²) in [5.41, 5.74) is 0. The van der Waals surface area contributed by atoms with Crippen molar-refractivity contribution in [3.63, 3.8) is 0 Å². The SMILES string of the molecule is Cn1nnnc1SCC[C@H]1CCCCN1. The number of nitrogens with zero attached hydrogens (tertiary/aromatic N) is 4. The van der Waals surface area contributed by atoms with Crippen LogP contribution in [0.15, 0.2) is 5.16 Å². The van der Waals surface area contributed by atoms with E-state index in [1.165, 1.54) is 32.2 Å². The van der Waals surface area contributed by atoms with Gasteiger partial charge in [0.2, 0.25) is 5.16 Å². The maximum Gasteiger partial charge on any atom is 0.209 e. The van der Waals surface area contributed by atoms with Crippen LogP contribution >= 0.6 is 11.8 Å². The lowest BCUT2D eigenvalue weighted by atomic mass is 10.0. The quantitative estimate of drug-likeness (QED) is 0.772. The fraction of sp³-hybridized carbons (Fsp3) is 0.889. The van der Waals surface area contributed by atoms with E-state index in [2.05, 4.69) is 20.8 Å². The first kappa shape index (κ1) is 10.9. The lowest BCUT2D eigenvalue weighted by Gasteiger charge is -2.22. The molecular formula is C9H17N5S. The fourth-order valence-corrected chi connectivity index (χ4v) is 2.71. The first-order chi connectivity index (χ1) is 7.36. The maximum absolute atomic E-state index is 3.94. The highest BCUT2D eigenvalue weighted by molar-refractivity contribution is 7.99.